The molecule has 0 bridgehead atoms. The molecule has 0 saturated heterocycles. The van der Waals surface area contributed by atoms with Crippen LogP contribution in [-0.4, -0.2) is 31.5 Å². The molecule has 2 heterocycles. The fourth-order valence-electron chi connectivity index (χ4n) is 2.70. The van der Waals surface area contributed by atoms with Gasteiger partial charge in [-0.15, -0.1) is 5.10 Å². The quantitative estimate of drug-likeness (QED) is 0.564. The number of aryl methyl sites for hydroxylation is 1. The number of hydrogen-bond acceptors (Lipinski definition) is 5. The monoisotopic (exact) mass is 304 g/mol. The fourth-order valence-corrected chi connectivity index (χ4v) is 2.70. The fraction of sp³-hybridized carbons (Fsp3) is 0.118. The predicted molar refractivity (Wildman–Crippen MR) is 81.4 cm³/mol. The summed E-state index contributed by atoms with van der Waals surface area (Å²) in [7, 11) is 0. The minimum atomic E-state index is -0.285. The number of aromatic nitrogens is 4. The second kappa shape index (κ2) is 4.95. The number of pyridine rings is 1. The van der Waals surface area contributed by atoms with Gasteiger partial charge in [-0.3, -0.25) is 14.6 Å². The topological polar surface area (TPSA) is 77.7 Å². The van der Waals surface area contributed by atoms with E-state index in [0.29, 0.717) is 17.7 Å². The highest BCUT2D eigenvalue weighted by molar-refractivity contribution is 6.26. The lowest BCUT2D eigenvalue weighted by Crippen LogP contribution is -2.23. The summed E-state index contributed by atoms with van der Waals surface area (Å²) in [6.45, 7) is 2.39. The van der Waals surface area contributed by atoms with Gasteiger partial charge in [0.2, 0.25) is 11.6 Å². The molecule has 0 spiro atoms. The summed E-state index contributed by atoms with van der Waals surface area (Å²) in [5.41, 5.74) is 3.12. The largest absolute Gasteiger partial charge is 0.287 e. The highest BCUT2D eigenvalue weighted by Crippen LogP contribution is 2.25. The molecule has 6 heteroatoms. The molecule has 0 N–H and O–H groups in total. The molecule has 2 aromatic heterocycles. The maximum atomic E-state index is 12.7. The molecule has 1 aliphatic carbocycles. The zero-order chi connectivity index (χ0) is 16.0. The Kier molecular flexibility index (Phi) is 2.90. The Morgan fingerprint density at radius 2 is 1.78 bits per heavy atom. The molecule has 4 rings (SSSR count). The zero-order valence-electron chi connectivity index (χ0n) is 12.4. The molecule has 1 aliphatic rings. The van der Waals surface area contributed by atoms with E-state index in [1.807, 2.05) is 31.2 Å². The third-order valence-corrected chi connectivity index (χ3v) is 3.93. The van der Waals surface area contributed by atoms with Crippen molar-refractivity contribution in [3.05, 3.63) is 76.4 Å². The number of fused-ring (bicyclic) bond motifs is 2. The van der Waals surface area contributed by atoms with E-state index < -0.39 is 0 Å². The van der Waals surface area contributed by atoms with Crippen molar-refractivity contribution in [1.29, 1.82) is 0 Å². The Morgan fingerprint density at radius 3 is 2.57 bits per heavy atom. The first-order valence-corrected chi connectivity index (χ1v) is 7.17. The number of hydrogen-bond donors (Lipinski definition) is 0. The van der Waals surface area contributed by atoms with Crippen molar-refractivity contribution in [2.24, 2.45) is 0 Å². The van der Waals surface area contributed by atoms with Gasteiger partial charge in [0.15, 0.2) is 5.69 Å². The molecule has 1 aromatic carbocycles. The number of ketones is 2. The lowest BCUT2D eigenvalue weighted by molar-refractivity contribution is 0.0970. The summed E-state index contributed by atoms with van der Waals surface area (Å²) in [4.78, 5) is 29.1. The van der Waals surface area contributed by atoms with Crippen LogP contribution in [0.4, 0.5) is 0 Å². The van der Waals surface area contributed by atoms with Crippen molar-refractivity contribution >= 4 is 11.6 Å². The Labute approximate surface area is 131 Å². The van der Waals surface area contributed by atoms with Crippen LogP contribution in [0.15, 0.2) is 42.7 Å². The van der Waals surface area contributed by atoms with Gasteiger partial charge in [0.25, 0.3) is 0 Å². The van der Waals surface area contributed by atoms with Crippen LogP contribution in [0, 0.1) is 6.92 Å². The van der Waals surface area contributed by atoms with E-state index in [0.717, 1.165) is 11.1 Å². The number of carbonyl (C=O) groups is 2. The van der Waals surface area contributed by atoms with Crippen LogP contribution in [0.1, 0.15) is 43.2 Å². The molecule has 0 fully saturated rings. The molecular weight excluding hydrogens is 292 g/mol. The SMILES string of the molecule is Cc1ccc(Cn2nnc3c2C(=O)c2cnccc2C3=O)cc1. The van der Waals surface area contributed by atoms with E-state index >= 15 is 0 Å². The highest BCUT2D eigenvalue weighted by Gasteiger charge is 2.35. The lowest BCUT2D eigenvalue weighted by Gasteiger charge is -2.13. The predicted octanol–water partition coefficient (Wildman–Crippen LogP) is 1.81. The average molecular weight is 304 g/mol. The normalized spacial score (nSPS) is 12.9. The van der Waals surface area contributed by atoms with E-state index in [1.54, 1.807) is 0 Å². The molecule has 6 nitrogen and oxygen atoms in total. The van der Waals surface area contributed by atoms with E-state index in [-0.39, 0.29) is 23.0 Å². The van der Waals surface area contributed by atoms with Gasteiger partial charge < -0.3 is 0 Å². The molecule has 0 radical (unpaired) electrons. The first-order valence-electron chi connectivity index (χ1n) is 7.17. The summed E-state index contributed by atoms with van der Waals surface area (Å²) in [6, 6.07) is 9.45. The van der Waals surface area contributed by atoms with Crippen LogP contribution in [0.25, 0.3) is 0 Å². The third kappa shape index (κ3) is 2.07. The lowest BCUT2D eigenvalue weighted by atomic mass is 9.91. The summed E-state index contributed by atoms with van der Waals surface area (Å²) < 4.78 is 1.48. The van der Waals surface area contributed by atoms with Gasteiger partial charge in [-0.05, 0) is 18.6 Å². The van der Waals surface area contributed by atoms with Crippen LogP contribution < -0.4 is 0 Å². The Morgan fingerprint density at radius 1 is 1.00 bits per heavy atom. The van der Waals surface area contributed by atoms with Gasteiger partial charge in [0.05, 0.1) is 12.1 Å². The van der Waals surface area contributed by atoms with Crippen molar-refractivity contribution in [2.45, 2.75) is 13.5 Å². The Bertz CT molecular complexity index is 941. The Hall–Kier alpha value is -3.15. The maximum Gasteiger partial charge on any atom is 0.216 e. The summed E-state index contributed by atoms with van der Waals surface area (Å²) in [5.74, 6) is -0.549. The molecule has 0 aliphatic heterocycles. The molecule has 0 unspecified atom stereocenters. The van der Waals surface area contributed by atoms with Crippen LogP contribution in [-0.2, 0) is 6.54 Å². The van der Waals surface area contributed by atoms with E-state index in [4.69, 9.17) is 0 Å². The van der Waals surface area contributed by atoms with Gasteiger partial charge in [0.1, 0.15) is 5.69 Å². The molecule has 0 saturated carbocycles. The minimum absolute atomic E-state index is 0.112. The van der Waals surface area contributed by atoms with Crippen molar-refractivity contribution in [1.82, 2.24) is 20.0 Å². The average Bonchev–Trinajstić information content (AvgIpc) is 2.99. The van der Waals surface area contributed by atoms with Gasteiger partial charge in [-0.2, -0.15) is 0 Å². The molecule has 112 valence electrons. The Balaban J connectivity index is 1.79. The van der Waals surface area contributed by atoms with Gasteiger partial charge in [0, 0.05) is 18.0 Å². The second-order valence-electron chi connectivity index (χ2n) is 5.51. The van der Waals surface area contributed by atoms with E-state index in [9.17, 15) is 9.59 Å². The highest BCUT2D eigenvalue weighted by atomic mass is 16.1. The minimum Gasteiger partial charge on any atom is -0.287 e. The van der Waals surface area contributed by atoms with E-state index in [2.05, 4.69) is 15.3 Å². The summed E-state index contributed by atoms with van der Waals surface area (Å²) in [5, 5.41) is 7.93. The molecule has 3 aromatic rings. The van der Waals surface area contributed by atoms with E-state index in [1.165, 1.54) is 23.1 Å². The number of rotatable bonds is 2. The van der Waals surface area contributed by atoms with Crippen molar-refractivity contribution in [3.63, 3.8) is 0 Å². The summed E-state index contributed by atoms with van der Waals surface area (Å²) in [6.07, 6.45) is 2.91. The van der Waals surface area contributed by atoms with Gasteiger partial charge in [-0.1, -0.05) is 35.0 Å². The van der Waals surface area contributed by atoms with Crippen LogP contribution in [0.5, 0.6) is 0 Å². The maximum absolute atomic E-state index is 12.7. The number of nitrogens with zero attached hydrogens (tertiary/aromatic N) is 4. The molecule has 0 atom stereocenters. The smallest absolute Gasteiger partial charge is 0.216 e. The molecular formula is C17H12N4O2. The first kappa shape index (κ1) is 13.5. The summed E-state index contributed by atoms with van der Waals surface area (Å²) >= 11 is 0. The van der Waals surface area contributed by atoms with Crippen LogP contribution >= 0.6 is 0 Å². The van der Waals surface area contributed by atoms with Crippen LogP contribution in [0.3, 0.4) is 0 Å². The van der Waals surface area contributed by atoms with Crippen molar-refractivity contribution < 1.29 is 9.59 Å². The standard InChI is InChI=1S/C17H12N4O2/c1-10-2-4-11(5-3-10)9-21-15-14(19-20-21)16(22)12-6-7-18-8-13(12)17(15)23/h2-8H,9H2,1H3. The van der Waals surface area contributed by atoms with Gasteiger partial charge >= 0.3 is 0 Å². The third-order valence-electron chi connectivity index (χ3n) is 3.93. The van der Waals surface area contributed by atoms with Crippen LogP contribution in [0.2, 0.25) is 0 Å². The van der Waals surface area contributed by atoms with Crippen molar-refractivity contribution in [3.8, 4) is 0 Å². The van der Waals surface area contributed by atoms with Crippen molar-refractivity contribution in [2.75, 3.05) is 0 Å². The molecule has 23 heavy (non-hydrogen) atoms. The zero-order valence-corrected chi connectivity index (χ0v) is 12.4. The first-order chi connectivity index (χ1) is 11.1. The second-order valence-corrected chi connectivity index (χ2v) is 5.51. The number of carbonyl (C=O) groups excluding carboxylic acids is 2. The number of benzene rings is 1. The van der Waals surface area contributed by atoms with Gasteiger partial charge in [-0.25, -0.2) is 4.68 Å². The molecule has 0 amide bonds.